The Labute approximate surface area is 366 Å². The molecule has 0 bridgehead atoms. The number of aliphatic hydroxyl groups excluding tert-OH is 2. The molecule has 24 nitrogen and oxygen atoms in total. The van der Waals surface area contributed by atoms with Crippen molar-refractivity contribution in [1.82, 2.24) is 36.8 Å². The number of carbonyl (C=O) groups is 10. The number of nitrogens with zero attached hydrogens (tertiary/aromatic N) is 1. The zero-order valence-corrected chi connectivity index (χ0v) is 37.0. The minimum atomic E-state index is -1.62. The van der Waals surface area contributed by atoms with Gasteiger partial charge in [-0.2, -0.15) is 0 Å². The van der Waals surface area contributed by atoms with Crippen LogP contribution in [-0.4, -0.2) is 164 Å². The Balaban J connectivity index is 0.00000918. The van der Waals surface area contributed by atoms with Gasteiger partial charge in [-0.25, -0.2) is 4.79 Å². The Bertz CT molecular complexity index is 1570. The smallest absolute Gasteiger partial charge is 0.328 e. The van der Waals surface area contributed by atoms with Gasteiger partial charge in [-0.3, -0.25) is 43.2 Å². The summed E-state index contributed by atoms with van der Waals surface area (Å²) in [5.74, 6) is -9.78. The van der Waals surface area contributed by atoms with Gasteiger partial charge in [0.1, 0.15) is 36.3 Å². The van der Waals surface area contributed by atoms with Crippen LogP contribution >= 0.6 is 0 Å². The van der Waals surface area contributed by atoms with Crippen molar-refractivity contribution >= 4 is 59.3 Å². The average molecular weight is 904 g/mol. The summed E-state index contributed by atoms with van der Waals surface area (Å²) in [6, 6.07) is -10.4. The van der Waals surface area contributed by atoms with E-state index in [1.165, 1.54) is 18.7 Å². The summed E-state index contributed by atoms with van der Waals surface area (Å²) >= 11 is 0. The predicted molar refractivity (Wildman–Crippen MR) is 224 cm³/mol. The molecular formula is C39H69N9O15. The van der Waals surface area contributed by atoms with E-state index in [-0.39, 0.29) is 44.6 Å². The van der Waals surface area contributed by atoms with E-state index in [1.54, 1.807) is 27.7 Å². The first-order valence-corrected chi connectivity index (χ1v) is 20.8. The van der Waals surface area contributed by atoms with Gasteiger partial charge in [0.2, 0.25) is 41.4 Å². The summed E-state index contributed by atoms with van der Waals surface area (Å²) < 4.78 is 0. The first-order valence-electron chi connectivity index (χ1n) is 20.8. The van der Waals surface area contributed by atoms with Crippen LogP contribution in [0.2, 0.25) is 0 Å². The number of nitrogens with one attached hydrogen (secondary N) is 6. The molecule has 7 amide bonds. The van der Waals surface area contributed by atoms with Crippen molar-refractivity contribution in [2.45, 2.75) is 154 Å². The highest BCUT2D eigenvalue weighted by Crippen LogP contribution is 2.21. The molecule has 1 fully saturated rings. The third kappa shape index (κ3) is 21.5. The lowest BCUT2D eigenvalue weighted by Gasteiger charge is -2.31. The molecule has 1 aliphatic rings. The first-order chi connectivity index (χ1) is 29.3. The zero-order valence-electron chi connectivity index (χ0n) is 37.0. The first kappa shape index (κ1) is 57.5. The van der Waals surface area contributed by atoms with Gasteiger partial charge in [0.15, 0.2) is 6.04 Å². The van der Waals surface area contributed by atoms with Crippen LogP contribution in [0.3, 0.4) is 0 Å². The summed E-state index contributed by atoms with van der Waals surface area (Å²) in [4.78, 5) is 126. The van der Waals surface area contributed by atoms with E-state index in [9.17, 15) is 58.5 Å². The van der Waals surface area contributed by atoms with E-state index in [0.29, 0.717) is 25.8 Å². The molecule has 15 N–H and O–H groups in total. The summed E-state index contributed by atoms with van der Waals surface area (Å²) in [7, 11) is 0. The van der Waals surface area contributed by atoms with E-state index < -0.39 is 126 Å². The van der Waals surface area contributed by atoms with E-state index in [4.69, 9.17) is 26.5 Å². The Morgan fingerprint density at radius 1 is 0.698 bits per heavy atom. The number of nitrogens with two attached hydrogens (primary N) is 2. The van der Waals surface area contributed by atoms with Crippen molar-refractivity contribution in [3.63, 3.8) is 0 Å². The van der Waals surface area contributed by atoms with Crippen molar-refractivity contribution in [3.8, 4) is 0 Å². The highest BCUT2D eigenvalue weighted by Gasteiger charge is 2.40. The Kier molecular flexibility index (Phi) is 26.5. The number of aliphatic carboxylic acids is 3. The van der Waals surface area contributed by atoms with Gasteiger partial charge in [0.05, 0.1) is 18.8 Å². The van der Waals surface area contributed by atoms with Gasteiger partial charge in [-0.1, -0.05) is 27.7 Å². The highest BCUT2D eigenvalue weighted by molar-refractivity contribution is 5.97. The maximum atomic E-state index is 13.9. The number of likely N-dealkylation sites (tertiary alicyclic amines) is 1. The Morgan fingerprint density at radius 2 is 1.25 bits per heavy atom. The molecule has 360 valence electrons. The Hall–Kier alpha value is -5.46. The van der Waals surface area contributed by atoms with Gasteiger partial charge < -0.3 is 73.8 Å². The largest absolute Gasteiger partial charge is 0.481 e. The summed E-state index contributed by atoms with van der Waals surface area (Å²) in [6.45, 7) is 9.85. The standard InChI is InChI=1S/C37H65N9O13.C2H4O2/c1-18(2)16-24(32(53)41-23(10-7-8-14-38)36(57)46-15-9-11-26(46)34(55)45-29(21(6)48)37(58)59)42-33(54)25(17-47)43-35(56)28(19(3)4)44-30(51)20(5)40-31(52)22(39)12-13-27(49)50;1-2(3)4/h18-26,28-29,47-48H,7-17,38-39H2,1-6H3,(H,40,52)(H,41,53)(H,42,54)(H,43,56)(H,44,51)(H,45,55)(H,49,50)(H,58,59);1H3,(H,3,4). The number of aliphatic hydroxyl groups is 2. The molecule has 0 aromatic heterocycles. The maximum absolute atomic E-state index is 13.9. The second kappa shape index (κ2) is 29.0. The van der Waals surface area contributed by atoms with Crippen LogP contribution in [0.1, 0.15) is 99.8 Å². The minimum Gasteiger partial charge on any atom is -0.481 e. The van der Waals surface area contributed by atoms with Crippen LogP contribution in [0.4, 0.5) is 0 Å². The van der Waals surface area contributed by atoms with Gasteiger partial charge in [-0.15, -0.1) is 0 Å². The molecule has 0 spiro atoms. The molecule has 24 heteroatoms. The van der Waals surface area contributed by atoms with Crippen molar-refractivity contribution in [2.24, 2.45) is 23.3 Å². The van der Waals surface area contributed by atoms with Crippen LogP contribution < -0.4 is 43.4 Å². The molecule has 1 rings (SSSR count). The number of carbonyl (C=O) groups excluding carboxylic acids is 7. The molecule has 0 saturated carbocycles. The number of carboxylic acid groups (broad SMARTS) is 3. The fourth-order valence-corrected chi connectivity index (χ4v) is 6.20. The van der Waals surface area contributed by atoms with Crippen molar-refractivity contribution < 1.29 is 73.5 Å². The van der Waals surface area contributed by atoms with Gasteiger partial charge in [-0.05, 0) is 77.2 Å². The maximum Gasteiger partial charge on any atom is 0.328 e. The lowest BCUT2D eigenvalue weighted by atomic mass is 10.0. The lowest BCUT2D eigenvalue weighted by Crippen LogP contribution is -2.61. The normalized spacial score (nSPS) is 17.2. The van der Waals surface area contributed by atoms with Crippen LogP contribution in [0.25, 0.3) is 0 Å². The van der Waals surface area contributed by atoms with E-state index in [1.807, 2.05) is 0 Å². The molecule has 9 unspecified atom stereocenters. The van der Waals surface area contributed by atoms with Crippen LogP contribution in [0.5, 0.6) is 0 Å². The molecule has 0 aliphatic carbocycles. The van der Waals surface area contributed by atoms with E-state index in [0.717, 1.165) is 6.92 Å². The van der Waals surface area contributed by atoms with Gasteiger partial charge >= 0.3 is 11.9 Å². The molecule has 0 radical (unpaired) electrons. The second-order valence-electron chi connectivity index (χ2n) is 16.1. The Morgan fingerprint density at radius 3 is 1.75 bits per heavy atom. The lowest BCUT2D eigenvalue weighted by molar-refractivity contribution is -0.147. The highest BCUT2D eigenvalue weighted by atomic mass is 16.4. The second-order valence-corrected chi connectivity index (χ2v) is 16.1. The fourth-order valence-electron chi connectivity index (χ4n) is 6.20. The molecule has 1 aliphatic heterocycles. The number of carboxylic acids is 3. The monoisotopic (exact) mass is 903 g/mol. The van der Waals surface area contributed by atoms with Crippen LogP contribution in [0, 0.1) is 11.8 Å². The van der Waals surface area contributed by atoms with E-state index in [2.05, 4.69) is 31.9 Å². The molecule has 9 atom stereocenters. The zero-order chi connectivity index (χ0) is 48.7. The summed E-state index contributed by atoms with van der Waals surface area (Å²) in [6.07, 6.45) is -0.283. The quantitative estimate of drug-likeness (QED) is 0.0374. The predicted octanol–water partition coefficient (Wildman–Crippen LogP) is -3.52. The molecule has 0 aromatic rings. The molecule has 0 aromatic carbocycles. The van der Waals surface area contributed by atoms with Crippen LogP contribution in [0.15, 0.2) is 0 Å². The average Bonchev–Trinajstić information content (AvgIpc) is 3.68. The molecular weight excluding hydrogens is 834 g/mol. The van der Waals surface area contributed by atoms with Crippen molar-refractivity contribution in [2.75, 3.05) is 19.7 Å². The number of unbranched alkanes of at least 4 members (excludes halogenated alkanes) is 1. The number of hydrogen-bond acceptors (Lipinski definition) is 14. The number of amides is 7. The van der Waals surface area contributed by atoms with Crippen molar-refractivity contribution in [3.05, 3.63) is 0 Å². The molecule has 63 heavy (non-hydrogen) atoms. The number of hydrogen-bond donors (Lipinski definition) is 13. The van der Waals surface area contributed by atoms with Crippen molar-refractivity contribution in [1.29, 1.82) is 0 Å². The molecule has 1 saturated heterocycles. The van der Waals surface area contributed by atoms with Gasteiger partial charge in [0.25, 0.3) is 5.97 Å². The SMILES string of the molecule is CC(=O)O.CC(C)CC(NC(=O)C(CO)NC(=O)C(NC(=O)C(C)NC(=O)C(N)CCC(=O)O)C(C)C)C(=O)NC(CCCCN)C(=O)N1CCCC1C(=O)NC(C(=O)O)C(C)O. The summed E-state index contributed by atoms with van der Waals surface area (Å²) in [5.41, 5.74) is 11.4. The number of rotatable bonds is 26. The van der Waals surface area contributed by atoms with Gasteiger partial charge in [0, 0.05) is 19.9 Å². The summed E-state index contributed by atoms with van der Waals surface area (Å²) in [5, 5.41) is 60.4. The molecule has 1 heterocycles. The van der Waals surface area contributed by atoms with E-state index >= 15 is 0 Å². The minimum absolute atomic E-state index is 0.0618. The van der Waals surface area contributed by atoms with Crippen LogP contribution in [-0.2, 0) is 47.9 Å². The third-order valence-electron chi connectivity index (χ3n) is 9.61. The fraction of sp³-hybridized carbons (Fsp3) is 0.744. The topological polar surface area (TPSA) is 399 Å². The third-order valence-corrected chi connectivity index (χ3v) is 9.61.